The molecule has 0 aromatic heterocycles. The molecule has 2 rings (SSSR count). The van der Waals surface area contributed by atoms with Crippen molar-refractivity contribution < 1.29 is 81.6 Å². The standard InChI is InChI=1S/C41H72N2O17P2/c1-25(2)13-9-14-26(3)15-10-16-27(4)17-11-18-28(5)19-12-20-29(6)21-22-55-61(51,52)60-62(53,54)59-41-35(43-31(8)47)38(50)39(33(24-45)57-41)58-40-34(42-30(7)46)37(49)36(48)32(23-44)56-40/h13,15,17,19,29,32-41,44-45,48-50H,9-12,14,16,18,20-24H2,1-8H3,(H,42,46)(H,43,47)(H,51,52)(H,53,54)/b26-15+,27-17+,28-19-/t29?,32-,33-,34-,35-,36-,37-,38-,39-,40+,41-/m1/s1. The molecule has 2 aliphatic rings. The zero-order chi connectivity index (χ0) is 46.8. The van der Waals surface area contributed by atoms with Gasteiger partial charge in [-0.3, -0.25) is 18.6 Å². The van der Waals surface area contributed by atoms with Crippen LogP contribution >= 0.6 is 15.6 Å². The van der Waals surface area contributed by atoms with Crippen LogP contribution in [-0.4, -0.2) is 128 Å². The Labute approximate surface area is 365 Å². The Balaban J connectivity index is 1.92. The Morgan fingerprint density at radius 3 is 1.65 bits per heavy atom. The summed E-state index contributed by atoms with van der Waals surface area (Å²) in [5.74, 6) is -1.44. The van der Waals surface area contributed by atoms with E-state index >= 15 is 0 Å². The van der Waals surface area contributed by atoms with Crippen LogP contribution in [-0.2, 0) is 46.3 Å². The molecule has 358 valence electrons. The first kappa shape index (κ1) is 56.0. The van der Waals surface area contributed by atoms with Crippen LogP contribution in [0.2, 0.25) is 0 Å². The number of hydrogen-bond acceptors (Lipinski definition) is 15. The minimum Gasteiger partial charge on any atom is -0.394 e. The minimum atomic E-state index is -5.58. The van der Waals surface area contributed by atoms with Gasteiger partial charge in [-0.15, -0.1) is 0 Å². The van der Waals surface area contributed by atoms with E-state index in [-0.39, 0.29) is 12.5 Å². The molecule has 19 nitrogen and oxygen atoms in total. The zero-order valence-corrected chi connectivity index (χ0v) is 39.0. The summed E-state index contributed by atoms with van der Waals surface area (Å²) in [6.07, 6.45) is 3.12. The molecule has 2 heterocycles. The molecule has 3 unspecified atom stereocenters. The van der Waals surface area contributed by atoms with Crippen LogP contribution in [0.3, 0.4) is 0 Å². The van der Waals surface area contributed by atoms with E-state index in [0.29, 0.717) is 6.42 Å². The molecular weight excluding hydrogens is 854 g/mol. The molecule has 9 N–H and O–H groups in total. The fourth-order valence-corrected chi connectivity index (χ4v) is 9.04. The number of hydrogen-bond donors (Lipinski definition) is 9. The first-order valence-electron chi connectivity index (χ1n) is 21.1. The van der Waals surface area contributed by atoms with Crippen molar-refractivity contribution in [3.05, 3.63) is 46.6 Å². The van der Waals surface area contributed by atoms with Crippen molar-refractivity contribution in [2.24, 2.45) is 5.92 Å². The predicted octanol–water partition coefficient (Wildman–Crippen LogP) is 4.10. The predicted molar refractivity (Wildman–Crippen MR) is 229 cm³/mol. The highest BCUT2D eigenvalue weighted by atomic mass is 31.3. The topological polar surface area (TPSA) is 289 Å². The number of allylic oxidation sites excluding steroid dienone is 8. The maximum Gasteiger partial charge on any atom is 0.483 e. The van der Waals surface area contributed by atoms with E-state index in [9.17, 15) is 54.0 Å². The van der Waals surface area contributed by atoms with E-state index in [1.165, 1.54) is 22.3 Å². The number of carbonyl (C=O) groups is 2. The Morgan fingerprint density at radius 2 is 1.15 bits per heavy atom. The van der Waals surface area contributed by atoms with Gasteiger partial charge < -0.3 is 60.2 Å². The number of phosphoric acid groups is 2. The molecule has 2 aliphatic heterocycles. The average molecular weight is 927 g/mol. The molecule has 21 heteroatoms. The van der Waals surface area contributed by atoms with Crippen LogP contribution in [0.15, 0.2) is 46.6 Å². The number of aliphatic hydroxyl groups is 5. The van der Waals surface area contributed by atoms with Gasteiger partial charge in [0.15, 0.2) is 12.6 Å². The SMILES string of the molecule is CC(=O)N[C@H]1[C@@H](OP(=O)(O)OP(=O)(O)OCCC(C)CC/C=C(/C)CC/C=C(\C)CC/C=C(\C)CCC=C(C)C)O[C@H](CO)[C@@H](O[C@@H]2O[C@H](CO)[C@@H](O)[C@H](O)[C@H]2NC(C)=O)[C@@H]1O. The van der Waals surface area contributed by atoms with Gasteiger partial charge in [-0.05, 0) is 98.3 Å². The van der Waals surface area contributed by atoms with Crippen LogP contribution in [0.25, 0.3) is 0 Å². The first-order chi connectivity index (χ1) is 29.0. The number of phosphoric ester groups is 2. The van der Waals surface area contributed by atoms with Crippen molar-refractivity contribution in [1.29, 1.82) is 0 Å². The van der Waals surface area contributed by atoms with Crippen molar-refractivity contribution in [3.8, 4) is 0 Å². The summed E-state index contributed by atoms with van der Waals surface area (Å²) < 4.78 is 57.1. The van der Waals surface area contributed by atoms with E-state index in [0.717, 1.165) is 65.2 Å². The second-order valence-corrected chi connectivity index (χ2v) is 19.5. The number of aliphatic hydroxyl groups excluding tert-OH is 5. The van der Waals surface area contributed by atoms with Gasteiger partial charge in [-0.25, -0.2) is 9.13 Å². The highest BCUT2D eigenvalue weighted by Gasteiger charge is 2.53. The summed E-state index contributed by atoms with van der Waals surface area (Å²) in [6, 6.07) is -3.24. The zero-order valence-electron chi connectivity index (χ0n) is 37.3. The van der Waals surface area contributed by atoms with Crippen LogP contribution in [0.4, 0.5) is 0 Å². The van der Waals surface area contributed by atoms with Crippen molar-refractivity contribution in [3.63, 3.8) is 0 Å². The lowest BCUT2D eigenvalue weighted by molar-refractivity contribution is -0.325. The van der Waals surface area contributed by atoms with Crippen molar-refractivity contribution in [2.75, 3.05) is 19.8 Å². The van der Waals surface area contributed by atoms with E-state index in [1.54, 1.807) is 0 Å². The third-order valence-corrected chi connectivity index (χ3v) is 13.0. The van der Waals surface area contributed by atoms with E-state index < -0.39 is 102 Å². The number of nitrogens with one attached hydrogen (secondary N) is 2. The first-order valence-corrected chi connectivity index (χ1v) is 24.0. The number of ether oxygens (including phenoxy) is 3. The number of carbonyl (C=O) groups excluding carboxylic acids is 2. The van der Waals surface area contributed by atoms with Crippen LogP contribution in [0.1, 0.15) is 113 Å². The molecule has 0 bridgehead atoms. The van der Waals surface area contributed by atoms with Gasteiger partial charge in [0.25, 0.3) is 0 Å². The Kier molecular flexibility index (Phi) is 24.7. The molecular formula is C41H72N2O17P2. The van der Waals surface area contributed by atoms with Gasteiger partial charge in [0.1, 0.15) is 48.7 Å². The third-order valence-electron chi connectivity index (χ3n) is 10.4. The Morgan fingerprint density at radius 1 is 0.661 bits per heavy atom. The summed E-state index contributed by atoms with van der Waals surface area (Å²) in [4.78, 5) is 44.8. The Hall–Kier alpha value is -2.16. The second kappa shape index (κ2) is 27.3. The fourth-order valence-electron chi connectivity index (χ4n) is 6.87. The van der Waals surface area contributed by atoms with Gasteiger partial charge >= 0.3 is 15.6 Å². The number of rotatable bonds is 26. The molecule has 2 fully saturated rings. The second-order valence-electron chi connectivity index (χ2n) is 16.5. The lowest BCUT2D eigenvalue weighted by Crippen LogP contribution is -2.69. The largest absolute Gasteiger partial charge is 0.483 e. The molecule has 0 aromatic rings. The van der Waals surface area contributed by atoms with Gasteiger partial charge in [0.2, 0.25) is 11.8 Å². The summed E-state index contributed by atoms with van der Waals surface area (Å²) in [5, 5.41) is 56.7. The summed E-state index contributed by atoms with van der Waals surface area (Å²) >= 11 is 0. The van der Waals surface area contributed by atoms with Crippen molar-refractivity contribution >= 4 is 27.5 Å². The van der Waals surface area contributed by atoms with Crippen LogP contribution in [0.5, 0.6) is 0 Å². The smallest absolute Gasteiger partial charge is 0.394 e. The normalized spacial score (nSPS) is 29.9. The lowest BCUT2D eigenvalue weighted by Gasteiger charge is -2.48. The summed E-state index contributed by atoms with van der Waals surface area (Å²) in [7, 11) is -10.8. The molecule has 0 aliphatic carbocycles. The van der Waals surface area contributed by atoms with Crippen LogP contribution < -0.4 is 10.6 Å². The molecule has 2 saturated heterocycles. The Bertz CT molecular complexity index is 1640. The lowest BCUT2D eigenvalue weighted by atomic mass is 9.94. The minimum absolute atomic E-state index is 0.0495. The third kappa shape index (κ3) is 20.3. The molecule has 0 aromatic carbocycles. The quantitative estimate of drug-likeness (QED) is 0.0436. The maximum absolute atomic E-state index is 13.0. The van der Waals surface area contributed by atoms with E-state index in [4.69, 9.17) is 23.3 Å². The van der Waals surface area contributed by atoms with Gasteiger partial charge in [0.05, 0.1) is 19.8 Å². The molecule has 0 saturated carbocycles. The van der Waals surface area contributed by atoms with Crippen LogP contribution in [0, 0.1) is 5.92 Å². The highest BCUT2D eigenvalue weighted by Crippen LogP contribution is 2.61. The maximum atomic E-state index is 13.0. The fraction of sp³-hybridized carbons (Fsp3) is 0.756. The molecule has 0 spiro atoms. The molecule has 2 amide bonds. The van der Waals surface area contributed by atoms with E-state index in [1.807, 2.05) is 6.92 Å². The average Bonchev–Trinajstić information content (AvgIpc) is 3.15. The van der Waals surface area contributed by atoms with Gasteiger partial charge in [-0.2, -0.15) is 4.31 Å². The monoisotopic (exact) mass is 926 g/mol. The molecule has 62 heavy (non-hydrogen) atoms. The molecule has 13 atom stereocenters. The summed E-state index contributed by atoms with van der Waals surface area (Å²) in [6.45, 7) is 12.7. The van der Waals surface area contributed by atoms with Crippen molar-refractivity contribution in [1.82, 2.24) is 10.6 Å². The molecule has 0 radical (unpaired) electrons. The van der Waals surface area contributed by atoms with Gasteiger partial charge in [-0.1, -0.05) is 53.5 Å². The van der Waals surface area contributed by atoms with Crippen molar-refractivity contribution in [2.45, 2.75) is 174 Å². The highest BCUT2D eigenvalue weighted by molar-refractivity contribution is 7.61. The van der Waals surface area contributed by atoms with Gasteiger partial charge in [0, 0.05) is 13.8 Å². The van der Waals surface area contributed by atoms with E-state index in [2.05, 4.69) is 73.9 Å². The number of amides is 2. The summed E-state index contributed by atoms with van der Waals surface area (Å²) in [5.41, 5.74) is 5.39.